The number of aryl methyl sites for hydroxylation is 1. The fourth-order valence-electron chi connectivity index (χ4n) is 5.92. The molecule has 0 aromatic heterocycles. The van der Waals surface area contributed by atoms with Crippen molar-refractivity contribution in [1.82, 2.24) is 4.90 Å². The summed E-state index contributed by atoms with van der Waals surface area (Å²) >= 11 is 0. The van der Waals surface area contributed by atoms with Crippen molar-refractivity contribution in [1.29, 1.82) is 0 Å². The zero-order chi connectivity index (χ0) is 19.8. The highest BCUT2D eigenvalue weighted by Crippen LogP contribution is 2.61. The minimum absolute atomic E-state index is 0.0540. The summed E-state index contributed by atoms with van der Waals surface area (Å²) in [5.41, 5.74) is 5.65. The second-order valence-electron chi connectivity index (χ2n) is 8.44. The molecule has 0 N–H and O–H groups in total. The molecule has 0 saturated carbocycles. The topological polar surface area (TPSA) is 38.8 Å². The number of hydrogen-bond acceptors (Lipinski definition) is 3. The van der Waals surface area contributed by atoms with Gasteiger partial charge < -0.3 is 14.4 Å². The van der Waals surface area contributed by atoms with Crippen molar-refractivity contribution in [3.05, 3.63) is 88.2 Å². The van der Waals surface area contributed by atoms with Crippen molar-refractivity contribution in [2.75, 3.05) is 13.7 Å². The second-order valence-corrected chi connectivity index (χ2v) is 8.44. The van der Waals surface area contributed by atoms with Gasteiger partial charge in [0, 0.05) is 17.7 Å². The number of rotatable bonds is 2. The van der Waals surface area contributed by atoms with Crippen LogP contribution in [0.2, 0.25) is 0 Å². The molecular weight excluding hydrogens is 362 g/mol. The summed E-state index contributed by atoms with van der Waals surface area (Å²) in [6, 6.07) is 14.0. The van der Waals surface area contributed by atoms with Gasteiger partial charge in [0.25, 0.3) is 5.91 Å². The van der Waals surface area contributed by atoms with Crippen LogP contribution >= 0.6 is 0 Å². The van der Waals surface area contributed by atoms with E-state index in [9.17, 15) is 4.79 Å². The van der Waals surface area contributed by atoms with E-state index in [4.69, 9.17) is 9.47 Å². The summed E-state index contributed by atoms with van der Waals surface area (Å²) in [5.74, 6) is 2.00. The molecule has 2 aliphatic carbocycles. The molecule has 1 fully saturated rings. The summed E-state index contributed by atoms with van der Waals surface area (Å²) in [6.07, 6.45) is 5.77. The van der Waals surface area contributed by atoms with E-state index < -0.39 is 0 Å². The first-order valence-corrected chi connectivity index (χ1v) is 10.3. The average molecular weight is 385 g/mol. The Morgan fingerprint density at radius 1 is 1.17 bits per heavy atom. The first-order valence-electron chi connectivity index (χ1n) is 10.3. The maximum atomic E-state index is 13.4. The highest BCUT2D eigenvalue weighted by atomic mass is 16.5. The smallest absolute Gasteiger partial charge is 0.254 e. The molecule has 6 rings (SSSR count). The van der Waals surface area contributed by atoms with E-state index in [-0.39, 0.29) is 23.5 Å². The van der Waals surface area contributed by atoms with Crippen LogP contribution < -0.4 is 4.74 Å². The highest BCUT2D eigenvalue weighted by molar-refractivity contribution is 5.95. The van der Waals surface area contributed by atoms with E-state index in [0.717, 1.165) is 36.5 Å². The second kappa shape index (κ2) is 5.76. The molecule has 0 unspecified atom stereocenters. The van der Waals surface area contributed by atoms with E-state index in [1.165, 1.54) is 22.3 Å². The number of hydrogen-bond donors (Lipinski definition) is 0. The first-order chi connectivity index (χ1) is 14.1. The molecule has 1 saturated heterocycles. The van der Waals surface area contributed by atoms with E-state index in [0.29, 0.717) is 0 Å². The minimum atomic E-state index is -0.215. The predicted molar refractivity (Wildman–Crippen MR) is 110 cm³/mol. The summed E-state index contributed by atoms with van der Waals surface area (Å²) < 4.78 is 12.3. The highest BCUT2D eigenvalue weighted by Gasteiger charge is 2.62. The van der Waals surface area contributed by atoms with Crippen molar-refractivity contribution in [2.45, 2.75) is 37.3 Å². The lowest BCUT2D eigenvalue weighted by Gasteiger charge is -2.53. The zero-order valence-corrected chi connectivity index (χ0v) is 16.6. The number of allylic oxidation sites excluding steroid dienone is 2. The molecule has 29 heavy (non-hydrogen) atoms. The third-order valence-electron chi connectivity index (χ3n) is 7.18. The standard InChI is InChI=1S/C25H23NO3/c1-15-8-9-17-14-19-18-10-11-20(28-2)23-25(18,21(17)22(15)29-23)12-13-26(19)24(27)16-6-4-3-5-7-16/h3-11,19,23H,12-14H2,1-2H3/t19-,23+,25+/m1/s1. The molecule has 146 valence electrons. The molecule has 0 radical (unpaired) electrons. The van der Waals surface area contributed by atoms with Gasteiger partial charge in [-0.05, 0) is 54.7 Å². The molecular formula is C25H23NO3. The SMILES string of the molecule is COC1=CC=C2[C@H]3Cc4ccc(C)c5c4[C@@]2(CCN3C(=O)c2ccccc2)[C@H]1O5. The Kier molecular flexibility index (Phi) is 3.35. The normalized spacial score (nSPS) is 28.1. The van der Waals surface area contributed by atoms with Crippen LogP contribution in [-0.2, 0) is 16.6 Å². The summed E-state index contributed by atoms with van der Waals surface area (Å²) in [6.45, 7) is 2.84. The molecule has 4 aliphatic rings. The Hall–Kier alpha value is -3.01. The molecule has 1 amide bonds. The third-order valence-corrected chi connectivity index (χ3v) is 7.18. The number of piperidine rings is 1. The summed E-state index contributed by atoms with van der Waals surface area (Å²) in [5, 5.41) is 0. The van der Waals surface area contributed by atoms with Gasteiger partial charge in [-0.25, -0.2) is 0 Å². The Balaban J connectivity index is 1.53. The third kappa shape index (κ3) is 2.01. The molecule has 2 aliphatic heterocycles. The molecule has 4 nitrogen and oxygen atoms in total. The maximum absolute atomic E-state index is 13.4. The van der Waals surface area contributed by atoms with Crippen LogP contribution in [0.25, 0.3) is 0 Å². The number of ether oxygens (including phenoxy) is 2. The lowest BCUT2D eigenvalue weighted by atomic mass is 9.57. The number of likely N-dealkylation sites (tertiary alicyclic amines) is 1. The lowest BCUT2D eigenvalue weighted by molar-refractivity contribution is 0.0469. The van der Waals surface area contributed by atoms with Crippen LogP contribution in [0.3, 0.4) is 0 Å². The van der Waals surface area contributed by atoms with Crippen LogP contribution in [0, 0.1) is 6.92 Å². The van der Waals surface area contributed by atoms with Crippen LogP contribution in [-0.4, -0.2) is 36.6 Å². The predicted octanol–water partition coefficient (Wildman–Crippen LogP) is 3.93. The monoisotopic (exact) mass is 385 g/mol. The minimum Gasteiger partial charge on any atom is -0.497 e. The van der Waals surface area contributed by atoms with Gasteiger partial charge in [-0.2, -0.15) is 0 Å². The quantitative estimate of drug-likeness (QED) is 0.786. The van der Waals surface area contributed by atoms with Gasteiger partial charge in [0.15, 0.2) is 6.10 Å². The fraction of sp³-hybridized carbons (Fsp3) is 0.320. The molecule has 1 spiro atoms. The van der Waals surface area contributed by atoms with Gasteiger partial charge in [0.2, 0.25) is 0 Å². The summed E-state index contributed by atoms with van der Waals surface area (Å²) in [7, 11) is 1.72. The van der Waals surface area contributed by atoms with Crippen molar-refractivity contribution in [3.8, 4) is 5.75 Å². The number of methoxy groups -OCH3 is 1. The lowest BCUT2D eigenvalue weighted by Crippen LogP contribution is -2.60. The van der Waals surface area contributed by atoms with Crippen molar-refractivity contribution < 1.29 is 14.3 Å². The Bertz CT molecular complexity index is 1100. The van der Waals surface area contributed by atoms with E-state index >= 15 is 0 Å². The van der Waals surface area contributed by atoms with Crippen molar-refractivity contribution >= 4 is 5.91 Å². The Labute approximate surface area is 170 Å². The Morgan fingerprint density at radius 2 is 2.00 bits per heavy atom. The molecule has 2 heterocycles. The zero-order valence-electron chi connectivity index (χ0n) is 16.6. The van der Waals surface area contributed by atoms with E-state index in [2.05, 4.69) is 30.0 Å². The number of carbonyl (C=O) groups excluding carboxylic acids is 1. The van der Waals surface area contributed by atoms with Gasteiger partial charge in [-0.3, -0.25) is 4.79 Å². The first kappa shape index (κ1) is 16.9. The average Bonchev–Trinajstić information content (AvgIpc) is 3.10. The van der Waals surface area contributed by atoms with Crippen LogP contribution in [0.4, 0.5) is 0 Å². The van der Waals surface area contributed by atoms with Crippen LogP contribution in [0.15, 0.2) is 65.9 Å². The van der Waals surface area contributed by atoms with Gasteiger partial charge in [-0.15, -0.1) is 0 Å². The van der Waals surface area contributed by atoms with E-state index in [1.807, 2.05) is 36.4 Å². The molecule has 2 aromatic carbocycles. The van der Waals surface area contributed by atoms with Crippen LogP contribution in [0.5, 0.6) is 5.75 Å². The Morgan fingerprint density at radius 3 is 2.79 bits per heavy atom. The molecule has 3 atom stereocenters. The largest absolute Gasteiger partial charge is 0.497 e. The fourth-order valence-corrected chi connectivity index (χ4v) is 5.92. The molecule has 4 heteroatoms. The van der Waals surface area contributed by atoms with Gasteiger partial charge in [0.05, 0.1) is 18.6 Å². The number of benzene rings is 2. The van der Waals surface area contributed by atoms with Crippen molar-refractivity contribution in [2.24, 2.45) is 0 Å². The van der Waals surface area contributed by atoms with E-state index in [1.54, 1.807) is 7.11 Å². The number of amides is 1. The van der Waals surface area contributed by atoms with Crippen molar-refractivity contribution in [3.63, 3.8) is 0 Å². The van der Waals surface area contributed by atoms with Crippen LogP contribution in [0.1, 0.15) is 33.5 Å². The van der Waals surface area contributed by atoms with Gasteiger partial charge in [-0.1, -0.05) is 36.4 Å². The number of carbonyl (C=O) groups is 1. The number of nitrogens with zero attached hydrogens (tertiary/aromatic N) is 1. The molecule has 2 aromatic rings. The molecule has 2 bridgehead atoms. The maximum Gasteiger partial charge on any atom is 0.254 e. The van der Waals surface area contributed by atoms with Gasteiger partial charge >= 0.3 is 0 Å². The van der Waals surface area contributed by atoms with Gasteiger partial charge in [0.1, 0.15) is 11.5 Å². The summed E-state index contributed by atoms with van der Waals surface area (Å²) in [4.78, 5) is 15.4.